The quantitative estimate of drug-likeness (QED) is 0.290. The van der Waals surface area contributed by atoms with Crippen LogP contribution < -0.4 is 21.7 Å². The lowest BCUT2D eigenvalue weighted by Crippen LogP contribution is -2.60. The van der Waals surface area contributed by atoms with E-state index in [1.54, 1.807) is 20.8 Å². The Labute approximate surface area is 186 Å². The van der Waals surface area contributed by atoms with E-state index in [0.717, 1.165) is 0 Å². The van der Waals surface area contributed by atoms with Gasteiger partial charge in [-0.25, -0.2) is 4.79 Å². The molecule has 31 heavy (non-hydrogen) atoms. The average Bonchev–Trinajstić information content (AvgIpc) is 2.70. The summed E-state index contributed by atoms with van der Waals surface area (Å²) in [7, 11) is 0. The van der Waals surface area contributed by atoms with Crippen molar-refractivity contribution in [2.75, 3.05) is 0 Å². The maximum atomic E-state index is 13.1. The number of rotatable bonds is 13. The summed E-state index contributed by atoms with van der Waals surface area (Å²) in [6.45, 7) is 14.5. The second-order valence-corrected chi connectivity index (χ2v) is 9.08. The molecular weight excluding hydrogens is 400 g/mol. The van der Waals surface area contributed by atoms with E-state index in [4.69, 9.17) is 5.73 Å². The molecule has 3 amide bonds. The van der Waals surface area contributed by atoms with E-state index < -0.39 is 47.9 Å². The van der Waals surface area contributed by atoms with Crippen LogP contribution in [0.5, 0.6) is 0 Å². The molecular formula is C22H42N4O5. The van der Waals surface area contributed by atoms with Gasteiger partial charge in [-0.15, -0.1) is 0 Å². The largest absolute Gasteiger partial charge is 0.480 e. The molecule has 0 aliphatic heterocycles. The molecule has 0 aliphatic rings. The summed E-state index contributed by atoms with van der Waals surface area (Å²) in [6, 6.07) is -3.61. The molecule has 0 bridgehead atoms. The summed E-state index contributed by atoms with van der Waals surface area (Å²) in [4.78, 5) is 49.9. The molecule has 0 aromatic rings. The highest BCUT2D eigenvalue weighted by Gasteiger charge is 2.35. The van der Waals surface area contributed by atoms with Crippen LogP contribution in [0.1, 0.15) is 68.2 Å². The van der Waals surface area contributed by atoms with E-state index in [1.165, 1.54) is 0 Å². The van der Waals surface area contributed by atoms with Crippen LogP contribution in [0.2, 0.25) is 0 Å². The summed E-state index contributed by atoms with van der Waals surface area (Å²) in [5.41, 5.74) is 5.92. The molecule has 0 spiro atoms. The van der Waals surface area contributed by atoms with Gasteiger partial charge in [0.15, 0.2) is 0 Å². The van der Waals surface area contributed by atoms with Crippen molar-refractivity contribution >= 4 is 23.7 Å². The Hall–Kier alpha value is -2.16. The van der Waals surface area contributed by atoms with Gasteiger partial charge in [0.1, 0.15) is 18.1 Å². The Bertz CT molecular complexity index is 623. The first kappa shape index (κ1) is 28.8. The first-order valence-electron chi connectivity index (χ1n) is 11.2. The zero-order chi connectivity index (χ0) is 24.5. The Kier molecular flexibility index (Phi) is 12.4. The Morgan fingerprint density at radius 2 is 1.03 bits per heavy atom. The second kappa shape index (κ2) is 13.3. The number of carboxylic acids is 1. The third-order valence-corrected chi connectivity index (χ3v) is 5.84. The van der Waals surface area contributed by atoms with E-state index >= 15 is 0 Å². The molecule has 0 saturated heterocycles. The number of amides is 3. The minimum absolute atomic E-state index is 0.0942. The van der Waals surface area contributed by atoms with Crippen LogP contribution in [0.15, 0.2) is 0 Å². The molecule has 6 atom stereocenters. The third kappa shape index (κ3) is 8.85. The standard InChI is InChI=1S/C22H42N4O5/c1-9-13(7)17(25-19(27)15(23)11(3)4)21(29)26-18(14(8)10-2)20(28)24-16(12(5)6)22(30)31/h11-18H,9-10,23H2,1-8H3,(H,24,28)(H,25,27)(H,26,29)(H,30,31)/t13-,14-,15-,16-,17-,18-/m0/s1. The fourth-order valence-corrected chi connectivity index (χ4v) is 2.96. The molecule has 0 heterocycles. The van der Waals surface area contributed by atoms with Crippen LogP contribution in [-0.4, -0.2) is 53.0 Å². The molecule has 0 rings (SSSR count). The summed E-state index contributed by atoms with van der Waals surface area (Å²) in [5.74, 6) is -3.45. The van der Waals surface area contributed by atoms with Gasteiger partial charge in [-0.2, -0.15) is 0 Å². The first-order chi connectivity index (χ1) is 14.3. The van der Waals surface area contributed by atoms with Gasteiger partial charge in [-0.3, -0.25) is 14.4 Å². The van der Waals surface area contributed by atoms with Crippen LogP contribution in [0.4, 0.5) is 0 Å². The van der Waals surface area contributed by atoms with Crippen molar-refractivity contribution in [2.45, 2.75) is 92.4 Å². The van der Waals surface area contributed by atoms with Crippen molar-refractivity contribution in [3.05, 3.63) is 0 Å². The average molecular weight is 443 g/mol. The molecule has 180 valence electrons. The second-order valence-electron chi connectivity index (χ2n) is 9.08. The number of hydrogen-bond donors (Lipinski definition) is 5. The minimum atomic E-state index is -1.13. The van der Waals surface area contributed by atoms with Crippen molar-refractivity contribution < 1.29 is 24.3 Å². The van der Waals surface area contributed by atoms with Gasteiger partial charge in [0.25, 0.3) is 0 Å². The fourth-order valence-electron chi connectivity index (χ4n) is 2.96. The number of nitrogens with one attached hydrogen (secondary N) is 3. The normalized spacial score (nSPS) is 17.3. The lowest BCUT2D eigenvalue weighted by atomic mass is 9.93. The summed E-state index contributed by atoms with van der Waals surface area (Å²) in [6.07, 6.45) is 1.22. The molecule has 9 heteroatoms. The van der Waals surface area contributed by atoms with Crippen LogP contribution in [-0.2, 0) is 19.2 Å². The number of carbonyl (C=O) groups is 4. The molecule has 0 aromatic heterocycles. The Morgan fingerprint density at radius 1 is 0.677 bits per heavy atom. The molecule has 6 N–H and O–H groups in total. The van der Waals surface area contributed by atoms with Gasteiger partial charge >= 0.3 is 5.97 Å². The van der Waals surface area contributed by atoms with Gasteiger partial charge in [-0.05, 0) is 23.7 Å². The Balaban J connectivity index is 5.63. The third-order valence-electron chi connectivity index (χ3n) is 5.84. The summed E-state index contributed by atoms with van der Waals surface area (Å²) >= 11 is 0. The van der Waals surface area contributed by atoms with Crippen LogP contribution in [0, 0.1) is 23.7 Å². The number of carbonyl (C=O) groups excluding carboxylic acids is 3. The van der Waals surface area contributed by atoms with Crippen LogP contribution in [0.3, 0.4) is 0 Å². The lowest BCUT2D eigenvalue weighted by Gasteiger charge is -2.30. The van der Waals surface area contributed by atoms with E-state index in [0.29, 0.717) is 12.8 Å². The smallest absolute Gasteiger partial charge is 0.326 e. The molecule has 0 aromatic carbocycles. The van der Waals surface area contributed by atoms with Crippen LogP contribution in [0.25, 0.3) is 0 Å². The number of carboxylic acid groups (broad SMARTS) is 1. The number of nitrogens with two attached hydrogens (primary N) is 1. The molecule has 9 nitrogen and oxygen atoms in total. The molecule has 0 unspecified atom stereocenters. The topological polar surface area (TPSA) is 151 Å². The molecule has 0 fully saturated rings. The SMILES string of the molecule is CC[C@H](C)[C@H](NC(=O)[C@@H](N)C(C)C)C(=O)N[C@H](C(=O)N[C@H](C(=O)O)C(C)C)[C@@H](C)CC. The van der Waals surface area contributed by atoms with Crippen molar-refractivity contribution in [1.29, 1.82) is 0 Å². The zero-order valence-corrected chi connectivity index (χ0v) is 20.2. The first-order valence-corrected chi connectivity index (χ1v) is 11.2. The maximum Gasteiger partial charge on any atom is 0.326 e. The highest BCUT2D eigenvalue weighted by Crippen LogP contribution is 2.14. The van der Waals surface area contributed by atoms with Gasteiger partial charge in [0.2, 0.25) is 17.7 Å². The molecule has 0 aliphatic carbocycles. The predicted molar refractivity (Wildman–Crippen MR) is 120 cm³/mol. The van der Waals surface area contributed by atoms with E-state index in [2.05, 4.69) is 16.0 Å². The predicted octanol–water partition coefficient (Wildman–Crippen LogP) is 1.26. The number of hydrogen-bond acceptors (Lipinski definition) is 5. The van der Waals surface area contributed by atoms with Gasteiger partial charge in [0, 0.05) is 0 Å². The van der Waals surface area contributed by atoms with E-state index in [9.17, 15) is 24.3 Å². The van der Waals surface area contributed by atoms with Gasteiger partial charge in [-0.1, -0.05) is 68.2 Å². The minimum Gasteiger partial charge on any atom is -0.480 e. The van der Waals surface area contributed by atoms with Gasteiger partial charge in [0.05, 0.1) is 6.04 Å². The highest BCUT2D eigenvalue weighted by atomic mass is 16.4. The lowest BCUT2D eigenvalue weighted by molar-refractivity contribution is -0.144. The van der Waals surface area contributed by atoms with Crippen molar-refractivity contribution in [3.8, 4) is 0 Å². The van der Waals surface area contributed by atoms with E-state index in [-0.39, 0.29) is 23.7 Å². The Morgan fingerprint density at radius 3 is 1.32 bits per heavy atom. The monoisotopic (exact) mass is 442 g/mol. The maximum absolute atomic E-state index is 13.1. The zero-order valence-electron chi connectivity index (χ0n) is 20.2. The van der Waals surface area contributed by atoms with Crippen molar-refractivity contribution in [3.63, 3.8) is 0 Å². The molecule has 0 radical (unpaired) electrons. The van der Waals surface area contributed by atoms with Gasteiger partial charge < -0.3 is 26.8 Å². The number of aliphatic carboxylic acids is 1. The van der Waals surface area contributed by atoms with Crippen molar-refractivity contribution in [2.24, 2.45) is 29.4 Å². The highest BCUT2D eigenvalue weighted by molar-refractivity contribution is 5.94. The van der Waals surface area contributed by atoms with Crippen LogP contribution >= 0.6 is 0 Å². The summed E-state index contributed by atoms with van der Waals surface area (Å²) < 4.78 is 0. The fraction of sp³-hybridized carbons (Fsp3) is 0.818. The van der Waals surface area contributed by atoms with E-state index in [1.807, 2.05) is 34.6 Å². The summed E-state index contributed by atoms with van der Waals surface area (Å²) in [5, 5.41) is 17.4. The van der Waals surface area contributed by atoms with Crippen molar-refractivity contribution in [1.82, 2.24) is 16.0 Å². The molecule has 0 saturated carbocycles.